The van der Waals surface area contributed by atoms with Gasteiger partial charge in [-0.3, -0.25) is 4.79 Å². The van der Waals surface area contributed by atoms with Crippen molar-refractivity contribution in [1.29, 1.82) is 0 Å². The summed E-state index contributed by atoms with van der Waals surface area (Å²) >= 11 is 0. The first-order chi connectivity index (χ1) is 9.93. The van der Waals surface area contributed by atoms with Crippen LogP contribution in [0, 0.1) is 0 Å². The molecule has 0 aromatic carbocycles. The normalized spacial score (nSPS) is 22.5. The lowest BCUT2D eigenvalue weighted by Crippen LogP contribution is -2.63. The van der Waals surface area contributed by atoms with Crippen molar-refractivity contribution < 1.29 is 22.7 Å². The van der Waals surface area contributed by atoms with E-state index in [-0.39, 0.29) is 24.5 Å². The molecule has 2 rings (SSSR count). The molecule has 0 aromatic rings. The van der Waals surface area contributed by atoms with Crippen LogP contribution in [0.1, 0.15) is 38.5 Å². The maximum Gasteiger partial charge on any atom is 0.411 e. The van der Waals surface area contributed by atoms with Gasteiger partial charge in [-0.05, 0) is 12.8 Å². The molecule has 4 nitrogen and oxygen atoms in total. The van der Waals surface area contributed by atoms with Gasteiger partial charge in [0.2, 0.25) is 5.91 Å². The second-order valence-electron chi connectivity index (χ2n) is 5.92. The number of nitrogens with zero attached hydrogens (tertiary/aromatic N) is 1. The van der Waals surface area contributed by atoms with Crippen molar-refractivity contribution in [3.8, 4) is 0 Å². The highest BCUT2D eigenvalue weighted by atomic mass is 19.4. The Morgan fingerprint density at radius 3 is 2.62 bits per heavy atom. The van der Waals surface area contributed by atoms with Crippen LogP contribution in [-0.2, 0) is 9.53 Å². The number of carbonyl (C=O) groups excluding carboxylic acids is 1. The van der Waals surface area contributed by atoms with Gasteiger partial charge in [-0.1, -0.05) is 19.3 Å². The molecule has 0 bridgehead atoms. The molecular formula is C14H23F3N2O2. The van der Waals surface area contributed by atoms with Crippen LogP contribution in [0.15, 0.2) is 0 Å². The zero-order chi connectivity index (χ0) is 15.3. The van der Waals surface area contributed by atoms with Gasteiger partial charge < -0.3 is 15.0 Å². The van der Waals surface area contributed by atoms with Crippen molar-refractivity contribution in [1.82, 2.24) is 10.2 Å². The number of halogens is 3. The summed E-state index contributed by atoms with van der Waals surface area (Å²) in [5, 5.41) is 3.34. The molecule has 21 heavy (non-hydrogen) atoms. The molecule has 1 amide bonds. The van der Waals surface area contributed by atoms with E-state index in [1.165, 1.54) is 6.42 Å². The highest BCUT2D eigenvalue weighted by molar-refractivity contribution is 5.77. The number of carbonyl (C=O) groups is 1. The van der Waals surface area contributed by atoms with Gasteiger partial charge in [-0.25, -0.2) is 0 Å². The van der Waals surface area contributed by atoms with Gasteiger partial charge in [0.05, 0.1) is 18.6 Å². The van der Waals surface area contributed by atoms with E-state index in [1.807, 2.05) is 4.90 Å². The first kappa shape index (κ1) is 16.5. The number of amides is 1. The number of hydrogen-bond acceptors (Lipinski definition) is 3. The lowest BCUT2D eigenvalue weighted by molar-refractivity contribution is -0.176. The molecule has 1 aliphatic heterocycles. The average molecular weight is 308 g/mol. The molecule has 1 N–H and O–H groups in total. The van der Waals surface area contributed by atoms with Crippen molar-refractivity contribution in [3.05, 3.63) is 0 Å². The van der Waals surface area contributed by atoms with Gasteiger partial charge in [-0.15, -0.1) is 0 Å². The monoisotopic (exact) mass is 308 g/mol. The van der Waals surface area contributed by atoms with Crippen LogP contribution >= 0.6 is 0 Å². The van der Waals surface area contributed by atoms with Crippen molar-refractivity contribution in [2.24, 2.45) is 0 Å². The summed E-state index contributed by atoms with van der Waals surface area (Å²) in [6.45, 7) is 0.725. The fraction of sp³-hybridized carbons (Fsp3) is 0.929. The number of hydrogen-bond donors (Lipinski definition) is 1. The quantitative estimate of drug-likeness (QED) is 0.809. The van der Waals surface area contributed by atoms with E-state index in [1.54, 1.807) is 0 Å². The predicted molar refractivity (Wildman–Crippen MR) is 71.9 cm³/mol. The largest absolute Gasteiger partial charge is 0.411 e. The van der Waals surface area contributed by atoms with Crippen LogP contribution in [0.4, 0.5) is 13.2 Å². The number of ether oxygens (including phenoxy) is 1. The zero-order valence-electron chi connectivity index (χ0n) is 12.2. The second kappa shape index (κ2) is 6.96. The van der Waals surface area contributed by atoms with Crippen molar-refractivity contribution in [2.45, 2.75) is 50.2 Å². The van der Waals surface area contributed by atoms with E-state index >= 15 is 0 Å². The number of alkyl halides is 3. The Labute approximate surface area is 123 Å². The molecule has 1 aliphatic carbocycles. The lowest BCUT2D eigenvalue weighted by Gasteiger charge is -2.50. The third-order valence-corrected chi connectivity index (χ3v) is 4.35. The summed E-state index contributed by atoms with van der Waals surface area (Å²) in [4.78, 5) is 14.2. The van der Waals surface area contributed by atoms with Crippen molar-refractivity contribution in [3.63, 3.8) is 0 Å². The molecule has 2 aliphatic rings. The molecule has 122 valence electrons. The summed E-state index contributed by atoms with van der Waals surface area (Å²) in [6, 6.07) is 0. The molecule has 0 radical (unpaired) electrons. The lowest BCUT2D eigenvalue weighted by atomic mass is 9.79. The molecule has 1 spiro atoms. The highest BCUT2D eigenvalue weighted by Crippen LogP contribution is 2.34. The number of nitrogens with one attached hydrogen (secondary N) is 1. The minimum atomic E-state index is -4.33. The fourth-order valence-corrected chi connectivity index (χ4v) is 3.37. The van der Waals surface area contributed by atoms with Gasteiger partial charge in [0.25, 0.3) is 0 Å². The summed E-state index contributed by atoms with van der Waals surface area (Å²) in [5.41, 5.74) is -0.127. The summed E-state index contributed by atoms with van der Waals surface area (Å²) < 4.78 is 40.5. The summed E-state index contributed by atoms with van der Waals surface area (Å²) in [5.74, 6) is -0.0828. The first-order valence-electron chi connectivity index (χ1n) is 7.59. The predicted octanol–water partition coefficient (Wildman–Crippen LogP) is 2.09. The highest BCUT2D eigenvalue weighted by Gasteiger charge is 2.41. The minimum Gasteiger partial charge on any atom is -0.372 e. The van der Waals surface area contributed by atoms with Gasteiger partial charge in [0.15, 0.2) is 0 Å². The van der Waals surface area contributed by atoms with E-state index < -0.39 is 12.8 Å². The van der Waals surface area contributed by atoms with E-state index in [0.29, 0.717) is 6.54 Å². The molecule has 1 heterocycles. The molecular weight excluding hydrogens is 285 g/mol. The topological polar surface area (TPSA) is 41.6 Å². The van der Waals surface area contributed by atoms with Gasteiger partial charge in [0.1, 0.15) is 6.61 Å². The van der Waals surface area contributed by atoms with Gasteiger partial charge in [-0.2, -0.15) is 13.2 Å². The number of rotatable bonds is 4. The second-order valence-corrected chi connectivity index (χ2v) is 5.92. The van der Waals surface area contributed by atoms with Crippen molar-refractivity contribution >= 4 is 5.91 Å². The molecule has 7 heteroatoms. The van der Waals surface area contributed by atoms with Gasteiger partial charge in [0, 0.05) is 19.6 Å². The smallest absolute Gasteiger partial charge is 0.372 e. The Kier molecular flexibility index (Phi) is 5.48. The maximum atomic E-state index is 12.3. The molecule has 0 aromatic heterocycles. The van der Waals surface area contributed by atoms with Crippen LogP contribution in [-0.4, -0.2) is 55.4 Å². The van der Waals surface area contributed by atoms with E-state index in [9.17, 15) is 18.0 Å². The molecule has 1 saturated carbocycles. The van der Waals surface area contributed by atoms with Crippen LogP contribution in [0.3, 0.4) is 0 Å². The van der Waals surface area contributed by atoms with E-state index in [2.05, 4.69) is 10.1 Å². The molecule has 0 atom stereocenters. The van der Waals surface area contributed by atoms with E-state index in [0.717, 1.165) is 38.8 Å². The Morgan fingerprint density at radius 1 is 1.24 bits per heavy atom. The van der Waals surface area contributed by atoms with Crippen molar-refractivity contribution in [2.75, 3.05) is 32.8 Å². The molecule has 2 fully saturated rings. The first-order valence-corrected chi connectivity index (χ1v) is 7.59. The Hall–Kier alpha value is -0.820. The fourth-order valence-electron chi connectivity index (χ4n) is 3.37. The standard InChI is InChI=1S/C14H23F3N2O2/c15-14(16,17)11-21-9-4-12(20)19-8-7-18-10-13(19)5-2-1-3-6-13/h18H,1-11H2. The Morgan fingerprint density at radius 2 is 1.95 bits per heavy atom. The van der Waals surface area contributed by atoms with Crippen LogP contribution < -0.4 is 5.32 Å². The van der Waals surface area contributed by atoms with E-state index in [4.69, 9.17) is 0 Å². The summed E-state index contributed by atoms with van der Waals surface area (Å²) in [6.07, 6.45) is 1.06. The minimum absolute atomic E-state index is 0.0256. The van der Waals surface area contributed by atoms with Crippen LogP contribution in [0.5, 0.6) is 0 Å². The Balaban J connectivity index is 1.84. The molecule has 1 saturated heterocycles. The summed E-state index contributed by atoms with van der Waals surface area (Å²) in [7, 11) is 0. The van der Waals surface area contributed by atoms with Crippen LogP contribution in [0.25, 0.3) is 0 Å². The third-order valence-electron chi connectivity index (χ3n) is 4.35. The third kappa shape index (κ3) is 4.57. The Bertz CT molecular complexity index is 346. The maximum absolute atomic E-state index is 12.3. The molecule has 0 unspecified atom stereocenters. The number of piperazine rings is 1. The average Bonchev–Trinajstić information content (AvgIpc) is 2.44. The van der Waals surface area contributed by atoms with Gasteiger partial charge >= 0.3 is 6.18 Å². The SMILES string of the molecule is O=C(CCOCC(F)(F)F)N1CCNCC12CCCCC2. The van der Waals surface area contributed by atoms with Crippen LogP contribution in [0.2, 0.25) is 0 Å². The zero-order valence-corrected chi connectivity index (χ0v) is 12.2.